The molecule has 1 N–H and O–H groups in total. The van der Waals surface area contributed by atoms with Gasteiger partial charge in [0.05, 0.1) is 12.8 Å². The Morgan fingerprint density at radius 1 is 1.07 bits per heavy atom. The Bertz CT molecular complexity index is 1160. The molecule has 0 aliphatic rings. The SMILES string of the molecule is O=C(N/N=C/c1cn(Cc2ccccc2)nc1-c1cccnc1)c1ccc(F)cc1. The second-order valence-electron chi connectivity index (χ2n) is 6.56. The second kappa shape index (κ2) is 8.91. The summed E-state index contributed by atoms with van der Waals surface area (Å²) in [5, 5.41) is 8.73. The van der Waals surface area contributed by atoms with Crippen molar-refractivity contribution in [1.29, 1.82) is 0 Å². The van der Waals surface area contributed by atoms with Crippen molar-refractivity contribution in [2.75, 3.05) is 0 Å². The number of nitrogens with one attached hydrogen (secondary N) is 1. The first-order valence-electron chi connectivity index (χ1n) is 9.30. The highest BCUT2D eigenvalue weighted by molar-refractivity contribution is 5.95. The summed E-state index contributed by atoms with van der Waals surface area (Å²) in [5.74, 6) is -0.826. The van der Waals surface area contributed by atoms with Crippen LogP contribution in [0.1, 0.15) is 21.5 Å². The van der Waals surface area contributed by atoms with Crippen LogP contribution in [0.3, 0.4) is 0 Å². The molecule has 6 nitrogen and oxygen atoms in total. The van der Waals surface area contributed by atoms with Gasteiger partial charge in [0.25, 0.3) is 5.91 Å². The highest BCUT2D eigenvalue weighted by atomic mass is 19.1. The number of halogens is 1. The molecule has 0 unspecified atom stereocenters. The molecule has 0 bridgehead atoms. The number of hydrogen-bond acceptors (Lipinski definition) is 4. The zero-order chi connectivity index (χ0) is 20.8. The van der Waals surface area contributed by atoms with E-state index in [-0.39, 0.29) is 0 Å². The third-order valence-electron chi connectivity index (χ3n) is 4.39. The predicted octanol–water partition coefficient (Wildman–Crippen LogP) is 3.90. The monoisotopic (exact) mass is 399 g/mol. The van der Waals surface area contributed by atoms with Gasteiger partial charge in [0.1, 0.15) is 11.5 Å². The van der Waals surface area contributed by atoms with Gasteiger partial charge in [-0.15, -0.1) is 0 Å². The third kappa shape index (κ3) is 4.64. The Kier molecular flexibility index (Phi) is 5.70. The Morgan fingerprint density at radius 2 is 1.87 bits per heavy atom. The molecular formula is C23H18FN5O. The van der Waals surface area contributed by atoms with Crippen molar-refractivity contribution in [1.82, 2.24) is 20.2 Å². The van der Waals surface area contributed by atoms with Crippen molar-refractivity contribution in [2.45, 2.75) is 6.54 Å². The van der Waals surface area contributed by atoms with Gasteiger partial charge in [0, 0.05) is 35.3 Å². The quantitative estimate of drug-likeness (QED) is 0.395. The number of benzene rings is 2. The van der Waals surface area contributed by atoms with Gasteiger partial charge >= 0.3 is 0 Å². The molecule has 2 aromatic heterocycles. The Labute approximate surface area is 172 Å². The molecule has 0 aliphatic heterocycles. The Morgan fingerprint density at radius 3 is 2.60 bits per heavy atom. The van der Waals surface area contributed by atoms with Crippen LogP contribution in [0.25, 0.3) is 11.3 Å². The van der Waals surface area contributed by atoms with Gasteiger partial charge in [-0.2, -0.15) is 10.2 Å². The molecule has 148 valence electrons. The van der Waals surface area contributed by atoms with Gasteiger partial charge in [0.2, 0.25) is 0 Å². The van der Waals surface area contributed by atoms with Crippen molar-refractivity contribution in [3.63, 3.8) is 0 Å². The molecule has 0 aliphatic carbocycles. The topological polar surface area (TPSA) is 72.2 Å². The lowest BCUT2D eigenvalue weighted by atomic mass is 10.1. The summed E-state index contributed by atoms with van der Waals surface area (Å²) in [6, 6.07) is 19.0. The second-order valence-corrected chi connectivity index (χ2v) is 6.56. The number of hydrazone groups is 1. The maximum atomic E-state index is 13.0. The van der Waals surface area contributed by atoms with Crippen LogP contribution >= 0.6 is 0 Å². The normalized spacial score (nSPS) is 11.0. The van der Waals surface area contributed by atoms with Gasteiger partial charge < -0.3 is 0 Å². The van der Waals surface area contributed by atoms with Crippen molar-refractivity contribution >= 4 is 12.1 Å². The minimum atomic E-state index is -0.425. The lowest BCUT2D eigenvalue weighted by molar-refractivity contribution is 0.0955. The van der Waals surface area contributed by atoms with Crippen LogP contribution in [0.4, 0.5) is 4.39 Å². The van der Waals surface area contributed by atoms with Gasteiger partial charge in [-0.3, -0.25) is 14.5 Å². The van der Waals surface area contributed by atoms with E-state index >= 15 is 0 Å². The molecular weight excluding hydrogens is 381 g/mol. The van der Waals surface area contributed by atoms with Crippen molar-refractivity contribution in [3.8, 4) is 11.3 Å². The van der Waals surface area contributed by atoms with E-state index in [0.717, 1.165) is 16.7 Å². The van der Waals surface area contributed by atoms with Crippen LogP contribution in [-0.4, -0.2) is 26.9 Å². The summed E-state index contributed by atoms with van der Waals surface area (Å²) in [7, 11) is 0. The first-order chi connectivity index (χ1) is 14.7. The van der Waals surface area contributed by atoms with Crippen LogP contribution in [-0.2, 0) is 6.54 Å². The van der Waals surface area contributed by atoms with Gasteiger partial charge in [-0.05, 0) is 42.0 Å². The molecule has 0 fully saturated rings. The molecule has 4 rings (SSSR count). The summed E-state index contributed by atoms with van der Waals surface area (Å²) in [6.07, 6.45) is 6.83. The zero-order valence-corrected chi connectivity index (χ0v) is 15.9. The molecule has 0 atom stereocenters. The highest BCUT2D eigenvalue weighted by Crippen LogP contribution is 2.20. The summed E-state index contributed by atoms with van der Waals surface area (Å²) < 4.78 is 14.8. The van der Waals surface area contributed by atoms with Crippen LogP contribution in [0, 0.1) is 5.82 Å². The number of hydrogen-bond donors (Lipinski definition) is 1. The summed E-state index contributed by atoms with van der Waals surface area (Å²) in [5.41, 5.74) is 6.18. The van der Waals surface area contributed by atoms with E-state index < -0.39 is 11.7 Å². The first-order valence-corrected chi connectivity index (χ1v) is 9.30. The molecule has 7 heteroatoms. The highest BCUT2D eigenvalue weighted by Gasteiger charge is 2.11. The fraction of sp³-hybridized carbons (Fsp3) is 0.0435. The number of pyridine rings is 1. The molecule has 1 amide bonds. The standard InChI is InChI=1S/C23H18FN5O/c24-21-10-8-18(9-11-21)23(30)27-26-14-20-16-29(15-17-5-2-1-3-6-17)28-22(20)19-7-4-12-25-13-19/h1-14,16H,15H2,(H,27,30)/b26-14+. The van der Waals surface area contributed by atoms with Crippen molar-refractivity contribution in [2.24, 2.45) is 5.10 Å². The zero-order valence-electron chi connectivity index (χ0n) is 15.9. The fourth-order valence-electron chi connectivity index (χ4n) is 2.94. The first kappa shape index (κ1) is 19.2. The van der Waals surface area contributed by atoms with Crippen molar-refractivity contribution < 1.29 is 9.18 Å². The van der Waals surface area contributed by atoms with Gasteiger partial charge in [-0.1, -0.05) is 30.3 Å². The molecule has 4 aromatic rings. The number of nitrogens with zero attached hydrogens (tertiary/aromatic N) is 4. The van der Waals surface area contributed by atoms with Crippen LogP contribution in [0.2, 0.25) is 0 Å². The summed E-state index contributed by atoms with van der Waals surface area (Å²) >= 11 is 0. The van der Waals surface area contributed by atoms with E-state index in [1.165, 1.54) is 30.5 Å². The Hall–Kier alpha value is -4.13. The van der Waals surface area contributed by atoms with Crippen LogP contribution in [0.15, 0.2) is 90.4 Å². The number of aromatic nitrogens is 3. The Balaban J connectivity index is 1.56. The van der Waals surface area contributed by atoms with Gasteiger partial charge in [0.15, 0.2) is 0 Å². The van der Waals surface area contributed by atoms with Gasteiger partial charge in [-0.25, -0.2) is 9.82 Å². The van der Waals surface area contributed by atoms with E-state index in [1.54, 1.807) is 12.4 Å². The maximum Gasteiger partial charge on any atom is 0.271 e. The molecule has 0 spiro atoms. The average molecular weight is 399 g/mol. The number of rotatable bonds is 6. The molecule has 0 saturated carbocycles. The van der Waals surface area contributed by atoms with E-state index in [4.69, 9.17) is 0 Å². The molecule has 0 saturated heterocycles. The summed E-state index contributed by atoms with van der Waals surface area (Å²) in [6.45, 7) is 0.601. The average Bonchev–Trinajstić information content (AvgIpc) is 3.18. The lowest BCUT2D eigenvalue weighted by Crippen LogP contribution is -2.17. The minimum absolute atomic E-state index is 0.320. The van der Waals surface area contributed by atoms with E-state index in [2.05, 4.69) is 20.6 Å². The molecule has 30 heavy (non-hydrogen) atoms. The van der Waals surface area contributed by atoms with Crippen molar-refractivity contribution in [3.05, 3.63) is 108 Å². The summed E-state index contributed by atoms with van der Waals surface area (Å²) in [4.78, 5) is 16.3. The number of carbonyl (C=O) groups is 1. The largest absolute Gasteiger partial charge is 0.271 e. The third-order valence-corrected chi connectivity index (χ3v) is 4.39. The van der Waals surface area contributed by atoms with E-state index in [9.17, 15) is 9.18 Å². The van der Waals surface area contributed by atoms with Crippen LogP contribution < -0.4 is 5.43 Å². The minimum Gasteiger partial charge on any atom is -0.267 e. The maximum absolute atomic E-state index is 13.0. The molecule has 0 radical (unpaired) electrons. The van der Waals surface area contributed by atoms with E-state index in [0.29, 0.717) is 17.8 Å². The fourth-order valence-corrected chi connectivity index (χ4v) is 2.94. The number of amides is 1. The smallest absolute Gasteiger partial charge is 0.267 e. The molecule has 2 aromatic carbocycles. The lowest BCUT2D eigenvalue weighted by Gasteiger charge is -2.01. The number of carbonyl (C=O) groups excluding carboxylic acids is 1. The predicted molar refractivity (Wildman–Crippen MR) is 112 cm³/mol. The molecule has 2 heterocycles. The van der Waals surface area contributed by atoms with E-state index in [1.807, 2.05) is 53.3 Å². The van der Waals surface area contributed by atoms with Crippen LogP contribution in [0.5, 0.6) is 0 Å².